The van der Waals surface area contributed by atoms with Crippen molar-refractivity contribution in [1.29, 1.82) is 0 Å². The lowest BCUT2D eigenvalue weighted by atomic mass is 10.1. The Hall–Kier alpha value is -1.52. The van der Waals surface area contributed by atoms with Crippen molar-refractivity contribution in [2.75, 3.05) is 13.1 Å². The molecule has 0 amide bonds. The summed E-state index contributed by atoms with van der Waals surface area (Å²) >= 11 is 0. The van der Waals surface area contributed by atoms with E-state index in [2.05, 4.69) is 42.0 Å². The Morgan fingerprint density at radius 1 is 1.53 bits per heavy atom. The molecule has 2 N–H and O–H groups in total. The van der Waals surface area contributed by atoms with E-state index in [0.29, 0.717) is 12.0 Å². The highest BCUT2D eigenvalue weighted by Gasteiger charge is 2.27. The highest BCUT2D eigenvalue weighted by atomic mass is 15.3. The van der Waals surface area contributed by atoms with Crippen LogP contribution in [0.5, 0.6) is 0 Å². The topological polar surface area (TPSA) is 59.4 Å². The third kappa shape index (κ3) is 2.28. The van der Waals surface area contributed by atoms with Gasteiger partial charge in [0.2, 0.25) is 0 Å². The first-order chi connectivity index (χ1) is 8.13. The van der Waals surface area contributed by atoms with Gasteiger partial charge in [-0.25, -0.2) is 0 Å². The molecule has 1 unspecified atom stereocenters. The molecule has 1 aromatic heterocycles. The van der Waals surface area contributed by atoms with Crippen molar-refractivity contribution in [3.63, 3.8) is 0 Å². The fourth-order valence-electron chi connectivity index (χ4n) is 2.13. The maximum Gasteiger partial charge on any atom is 0.191 e. The normalized spacial score (nSPS) is 20.1. The summed E-state index contributed by atoms with van der Waals surface area (Å²) in [4.78, 5) is 6.50. The Morgan fingerprint density at radius 3 is 2.88 bits per heavy atom. The van der Waals surface area contributed by atoms with Crippen LogP contribution in [0.4, 0.5) is 0 Å². The van der Waals surface area contributed by atoms with Crippen molar-refractivity contribution in [1.82, 2.24) is 14.7 Å². The lowest BCUT2D eigenvalue weighted by molar-refractivity contribution is 0.347. The van der Waals surface area contributed by atoms with Crippen LogP contribution in [0.3, 0.4) is 0 Å². The summed E-state index contributed by atoms with van der Waals surface area (Å²) in [7, 11) is 0. The van der Waals surface area contributed by atoms with Gasteiger partial charge in [0, 0.05) is 24.3 Å². The zero-order chi connectivity index (χ0) is 12.4. The Morgan fingerprint density at radius 2 is 2.29 bits per heavy atom. The van der Waals surface area contributed by atoms with Crippen molar-refractivity contribution in [3.05, 3.63) is 18.0 Å². The van der Waals surface area contributed by atoms with Gasteiger partial charge >= 0.3 is 0 Å². The van der Waals surface area contributed by atoms with Crippen LogP contribution in [0.25, 0.3) is 0 Å². The summed E-state index contributed by atoms with van der Waals surface area (Å²) < 4.78 is 1.98. The van der Waals surface area contributed by atoms with Gasteiger partial charge in [-0.1, -0.05) is 6.92 Å². The third-order valence-corrected chi connectivity index (χ3v) is 3.10. The quantitative estimate of drug-likeness (QED) is 0.861. The lowest BCUT2D eigenvalue weighted by Crippen LogP contribution is -2.36. The predicted octanol–water partition coefficient (Wildman–Crippen LogP) is 1.55. The number of aromatic nitrogens is 2. The van der Waals surface area contributed by atoms with Crippen LogP contribution in [0.15, 0.2) is 17.4 Å². The molecule has 0 bridgehead atoms. The van der Waals surface area contributed by atoms with Gasteiger partial charge in [-0.3, -0.25) is 9.67 Å². The molecular formula is C12H21N5. The SMILES string of the molecule is CCCN1C(N)=NCC1c1cnn(C(C)C)c1. The average molecular weight is 235 g/mol. The van der Waals surface area contributed by atoms with Gasteiger partial charge in [-0.15, -0.1) is 0 Å². The number of guanidine groups is 1. The van der Waals surface area contributed by atoms with Gasteiger partial charge in [0.15, 0.2) is 5.96 Å². The molecule has 1 aromatic rings. The molecule has 0 fully saturated rings. The Bertz CT molecular complexity index is 407. The Kier molecular flexibility index (Phi) is 3.36. The first-order valence-electron chi connectivity index (χ1n) is 6.24. The predicted molar refractivity (Wildman–Crippen MR) is 68.8 cm³/mol. The van der Waals surface area contributed by atoms with Crippen molar-refractivity contribution in [3.8, 4) is 0 Å². The number of nitrogens with two attached hydrogens (primary N) is 1. The minimum Gasteiger partial charge on any atom is -0.370 e. The van der Waals surface area contributed by atoms with Crippen LogP contribution in [0.1, 0.15) is 44.8 Å². The molecule has 0 saturated carbocycles. The van der Waals surface area contributed by atoms with Crippen molar-refractivity contribution < 1.29 is 0 Å². The second-order valence-corrected chi connectivity index (χ2v) is 4.76. The second kappa shape index (κ2) is 4.77. The molecule has 2 heterocycles. The summed E-state index contributed by atoms with van der Waals surface area (Å²) in [6.07, 6.45) is 5.11. The van der Waals surface area contributed by atoms with E-state index in [-0.39, 0.29) is 6.04 Å². The Labute approximate surface area is 102 Å². The van der Waals surface area contributed by atoms with E-state index >= 15 is 0 Å². The summed E-state index contributed by atoms with van der Waals surface area (Å²) in [5.74, 6) is 0.661. The minimum atomic E-state index is 0.266. The zero-order valence-electron chi connectivity index (χ0n) is 10.8. The van der Waals surface area contributed by atoms with Gasteiger partial charge in [0.05, 0.1) is 18.8 Å². The summed E-state index contributed by atoms with van der Waals surface area (Å²) in [5, 5.41) is 4.38. The van der Waals surface area contributed by atoms with Gasteiger partial charge in [-0.05, 0) is 20.3 Å². The monoisotopic (exact) mass is 235 g/mol. The highest BCUT2D eigenvalue weighted by Crippen LogP contribution is 2.25. The maximum atomic E-state index is 5.91. The molecule has 94 valence electrons. The van der Waals surface area contributed by atoms with Crippen LogP contribution < -0.4 is 5.73 Å². The van der Waals surface area contributed by atoms with Crippen LogP contribution in [-0.4, -0.2) is 33.7 Å². The molecular weight excluding hydrogens is 214 g/mol. The van der Waals surface area contributed by atoms with Crippen LogP contribution in [-0.2, 0) is 0 Å². The van der Waals surface area contributed by atoms with Gasteiger partial charge in [0.25, 0.3) is 0 Å². The smallest absolute Gasteiger partial charge is 0.191 e. The fourth-order valence-corrected chi connectivity index (χ4v) is 2.13. The number of nitrogens with zero attached hydrogens (tertiary/aromatic N) is 4. The zero-order valence-corrected chi connectivity index (χ0v) is 10.8. The van der Waals surface area contributed by atoms with E-state index < -0.39 is 0 Å². The molecule has 1 aliphatic heterocycles. The molecule has 1 atom stereocenters. The minimum absolute atomic E-state index is 0.266. The molecule has 1 aliphatic rings. The van der Waals surface area contributed by atoms with Crippen molar-refractivity contribution in [2.24, 2.45) is 10.7 Å². The van der Waals surface area contributed by atoms with Crippen LogP contribution in [0.2, 0.25) is 0 Å². The first-order valence-corrected chi connectivity index (χ1v) is 6.24. The summed E-state index contributed by atoms with van der Waals surface area (Å²) in [6.45, 7) is 8.10. The van der Waals surface area contributed by atoms with E-state index in [1.165, 1.54) is 5.56 Å². The van der Waals surface area contributed by atoms with Crippen LogP contribution >= 0.6 is 0 Å². The van der Waals surface area contributed by atoms with Crippen molar-refractivity contribution >= 4 is 5.96 Å². The average Bonchev–Trinajstić information content (AvgIpc) is 2.87. The number of hydrogen-bond donors (Lipinski definition) is 1. The number of rotatable bonds is 4. The van der Waals surface area contributed by atoms with E-state index in [1.807, 2.05) is 10.9 Å². The summed E-state index contributed by atoms with van der Waals surface area (Å²) in [5.41, 5.74) is 7.11. The molecule has 2 rings (SSSR count). The lowest BCUT2D eigenvalue weighted by Gasteiger charge is -2.24. The van der Waals surface area contributed by atoms with Gasteiger partial charge in [-0.2, -0.15) is 5.10 Å². The number of aliphatic imine (C=N–C) groups is 1. The maximum absolute atomic E-state index is 5.91. The molecule has 0 aromatic carbocycles. The molecule has 0 saturated heterocycles. The van der Waals surface area contributed by atoms with Gasteiger partial charge < -0.3 is 10.6 Å². The highest BCUT2D eigenvalue weighted by molar-refractivity contribution is 5.80. The molecule has 0 spiro atoms. The molecule has 17 heavy (non-hydrogen) atoms. The van der Waals surface area contributed by atoms with Crippen LogP contribution in [0, 0.1) is 0 Å². The molecule has 5 nitrogen and oxygen atoms in total. The van der Waals surface area contributed by atoms with E-state index in [1.54, 1.807) is 0 Å². The van der Waals surface area contributed by atoms with Gasteiger partial charge in [0.1, 0.15) is 0 Å². The summed E-state index contributed by atoms with van der Waals surface area (Å²) in [6, 6.07) is 0.658. The second-order valence-electron chi connectivity index (χ2n) is 4.76. The third-order valence-electron chi connectivity index (χ3n) is 3.10. The molecule has 0 radical (unpaired) electrons. The first kappa shape index (κ1) is 12.0. The molecule has 0 aliphatic carbocycles. The van der Waals surface area contributed by atoms with E-state index in [4.69, 9.17) is 5.73 Å². The number of hydrogen-bond acceptors (Lipinski definition) is 4. The molecule has 5 heteroatoms. The van der Waals surface area contributed by atoms with Crippen molar-refractivity contribution in [2.45, 2.75) is 39.3 Å². The van der Waals surface area contributed by atoms with E-state index in [0.717, 1.165) is 19.5 Å². The largest absolute Gasteiger partial charge is 0.370 e. The standard InChI is InChI=1S/C12H21N5/c1-4-5-16-11(7-14-12(16)13)10-6-15-17(8-10)9(2)3/h6,8-9,11H,4-5,7H2,1-3H3,(H2,13,14). The van der Waals surface area contributed by atoms with E-state index in [9.17, 15) is 0 Å². The Balaban J connectivity index is 2.16. The fraction of sp³-hybridized carbons (Fsp3) is 0.667.